The third-order valence-corrected chi connectivity index (χ3v) is 8.64. The van der Waals surface area contributed by atoms with E-state index in [1.807, 2.05) is 55.5 Å². The highest BCUT2D eigenvalue weighted by Gasteiger charge is 2.40. The highest BCUT2D eigenvalue weighted by Crippen LogP contribution is 2.32. The molecule has 3 atom stereocenters. The maximum atomic E-state index is 13.8. The van der Waals surface area contributed by atoms with Gasteiger partial charge in [0.25, 0.3) is 0 Å². The Morgan fingerprint density at radius 1 is 1.10 bits per heavy atom. The van der Waals surface area contributed by atoms with Gasteiger partial charge in [-0.05, 0) is 65.6 Å². The molecule has 0 aliphatic heterocycles. The number of halogens is 1. The monoisotopic (exact) mass is 646 g/mol. The lowest BCUT2D eigenvalue weighted by Crippen LogP contribution is -2.54. The molecular weight excluding hydrogens is 607 g/mol. The number of ether oxygens (including phenoxy) is 1. The lowest BCUT2D eigenvalue weighted by Gasteiger charge is -2.41. The Hall–Kier alpha value is -2.43. The van der Waals surface area contributed by atoms with Crippen molar-refractivity contribution in [2.24, 2.45) is 5.92 Å². The number of para-hydroxylation sites is 1. The third-order valence-electron chi connectivity index (χ3n) is 7.75. The number of aryl methyl sites for hydroxylation is 1. The van der Waals surface area contributed by atoms with Crippen molar-refractivity contribution in [1.82, 2.24) is 10.2 Å². The molecule has 0 spiro atoms. The van der Waals surface area contributed by atoms with Crippen molar-refractivity contribution in [3.05, 3.63) is 74.9 Å². The number of hydrogen-bond acceptors (Lipinski definition) is 5. The molecule has 0 bridgehead atoms. The summed E-state index contributed by atoms with van der Waals surface area (Å²) >= 11 is 2.18. The molecule has 0 radical (unpaired) electrons. The summed E-state index contributed by atoms with van der Waals surface area (Å²) in [6.07, 6.45) is 6.04. The summed E-state index contributed by atoms with van der Waals surface area (Å²) in [6, 6.07) is 14.9. The van der Waals surface area contributed by atoms with Gasteiger partial charge in [0.2, 0.25) is 11.8 Å². The number of aliphatic hydroxyl groups excluding tert-OH is 2. The molecule has 4 rings (SSSR count). The predicted octanol–water partition coefficient (Wildman–Crippen LogP) is 4.51. The van der Waals surface area contributed by atoms with Crippen LogP contribution in [0.4, 0.5) is 0 Å². The molecule has 7 nitrogen and oxygen atoms in total. The molecular formula is C31H39IN2O5. The van der Waals surface area contributed by atoms with Crippen molar-refractivity contribution in [1.29, 1.82) is 0 Å². The van der Waals surface area contributed by atoms with Gasteiger partial charge in [-0.25, -0.2) is 0 Å². The first kappa shape index (κ1) is 29.6. The number of hydrogen-bond donors (Lipinski definition) is 3. The first-order valence-electron chi connectivity index (χ1n) is 13.9. The number of amides is 2. The van der Waals surface area contributed by atoms with Gasteiger partial charge in [0, 0.05) is 31.5 Å². The zero-order chi connectivity index (χ0) is 27.8. The van der Waals surface area contributed by atoms with Crippen LogP contribution < -0.4 is 10.1 Å². The fraction of sp³-hybridized carbons (Fsp3) is 0.484. The van der Waals surface area contributed by atoms with Crippen molar-refractivity contribution in [2.75, 3.05) is 13.2 Å². The van der Waals surface area contributed by atoms with Crippen molar-refractivity contribution in [2.45, 2.75) is 76.7 Å². The third kappa shape index (κ3) is 8.05. The van der Waals surface area contributed by atoms with Crippen molar-refractivity contribution in [3.8, 4) is 5.75 Å². The lowest BCUT2D eigenvalue weighted by atomic mass is 9.87. The number of rotatable bonds is 11. The van der Waals surface area contributed by atoms with Crippen molar-refractivity contribution < 1.29 is 24.5 Å². The Balaban J connectivity index is 1.63. The quantitative estimate of drug-likeness (QED) is 0.312. The van der Waals surface area contributed by atoms with Crippen LogP contribution in [-0.2, 0) is 16.1 Å². The fourth-order valence-corrected chi connectivity index (χ4v) is 6.03. The standard InChI is InChI=1S/C31H39IN2O5/c1-21-10-12-23(13-11-21)20-34(29(36)15-14-22-6-2-3-7-22)26-18-24(31(38)33-16-17-35)19-28(30(26)37)39-27-9-5-4-8-25(27)32/h4-5,8-13,19,22,26,28,30,35,37H,2-3,6-7,14-18,20H2,1H3,(H,33,38). The largest absolute Gasteiger partial charge is 0.482 e. The van der Waals surface area contributed by atoms with Crippen LogP contribution in [-0.4, -0.2) is 58.3 Å². The van der Waals surface area contributed by atoms with Crippen LogP contribution in [0.15, 0.2) is 60.2 Å². The van der Waals surface area contributed by atoms with E-state index >= 15 is 0 Å². The minimum absolute atomic E-state index is 0.0171. The predicted molar refractivity (Wildman–Crippen MR) is 159 cm³/mol. The Bertz CT molecular complexity index is 1150. The minimum Gasteiger partial charge on any atom is -0.482 e. The van der Waals surface area contributed by atoms with Gasteiger partial charge in [0.15, 0.2) is 0 Å². The fourth-order valence-electron chi connectivity index (χ4n) is 5.52. The maximum Gasteiger partial charge on any atom is 0.247 e. The van der Waals surface area contributed by atoms with Gasteiger partial charge in [0.1, 0.15) is 18.0 Å². The SMILES string of the molecule is Cc1ccc(CN(C(=O)CCC2CCCC2)C2CC(C(=O)NCCO)=CC(Oc3ccccc3I)C2O)cc1. The molecule has 0 heterocycles. The van der Waals surface area contributed by atoms with Crippen LogP contribution >= 0.6 is 22.6 Å². The molecule has 1 fully saturated rings. The molecule has 3 unspecified atom stereocenters. The smallest absolute Gasteiger partial charge is 0.247 e. The Kier molecular flexibility index (Phi) is 10.8. The van der Waals surface area contributed by atoms with Gasteiger partial charge < -0.3 is 25.2 Å². The van der Waals surface area contributed by atoms with Crippen LogP contribution in [0.5, 0.6) is 5.75 Å². The highest BCUT2D eigenvalue weighted by atomic mass is 127. The van der Waals surface area contributed by atoms with Gasteiger partial charge in [-0.2, -0.15) is 0 Å². The topological polar surface area (TPSA) is 99.1 Å². The number of aliphatic hydroxyl groups is 2. The second kappa shape index (κ2) is 14.3. The first-order chi connectivity index (χ1) is 18.9. The zero-order valence-electron chi connectivity index (χ0n) is 22.5. The minimum atomic E-state index is -1.03. The number of nitrogens with zero attached hydrogens (tertiary/aromatic N) is 1. The number of nitrogens with one attached hydrogen (secondary N) is 1. The Morgan fingerprint density at radius 3 is 2.51 bits per heavy atom. The summed E-state index contributed by atoms with van der Waals surface area (Å²) in [7, 11) is 0. The van der Waals surface area contributed by atoms with Crippen molar-refractivity contribution >= 4 is 34.4 Å². The summed E-state index contributed by atoms with van der Waals surface area (Å²) in [4.78, 5) is 28.6. The van der Waals surface area contributed by atoms with Crippen LogP contribution in [0.1, 0.15) is 56.1 Å². The molecule has 2 aliphatic rings. The second-order valence-electron chi connectivity index (χ2n) is 10.6. The summed E-state index contributed by atoms with van der Waals surface area (Å²) in [5, 5.41) is 23.6. The Morgan fingerprint density at radius 2 is 1.82 bits per heavy atom. The highest BCUT2D eigenvalue weighted by molar-refractivity contribution is 14.1. The summed E-state index contributed by atoms with van der Waals surface area (Å²) in [5.74, 6) is 0.830. The van der Waals surface area contributed by atoms with Gasteiger partial charge in [-0.3, -0.25) is 9.59 Å². The van der Waals surface area contributed by atoms with Crippen LogP contribution in [0, 0.1) is 16.4 Å². The molecule has 1 saturated carbocycles. The van der Waals surface area contributed by atoms with Gasteiger partial charge >= 0.3 is 0 Å². The molecule has 2 aromatic carbocycles. The van der Waals surface area contributed by atoms with E-state index in [1.165, 1.54) is 25.7 Å². The van der Waals surface area contributed by atoms with E-state index in [0.29, 0.717) is 30.2 Å². The van der Waals surface area contributed by atoms with Gasteiger partial charge in [0.05, 0.1) is 16.2 Å². The van der Waals surface area contributed by atoms with Gasteiger partial charge in [-0.1, -0.05) is 67.6 Å². The maximum absolute atomic E-state index is 13.8. The molecule has 0 aromatic heterocycles. The van der Waals surface area contributed by atoms with Crippen molar-refractivity contribution in [3.63, 3.8) is 0 Å². The number of benzene rings is 2. The molecule has 3 N–H and O–H groups in total. The van der Waals surface area contributed by atoms with E-state index in [2.05, 4.69) is 27.9 Å². The molecule has 0 saturated heterocycles. The molecule has 8 heteroatoms. The second-order valence-corrected chi connectivity index (χ2v) is 11.8. The van der Waals surface area contributed by atoms with E-state index in [1.54, 1.807) is 11.0 Å². The van der Waals surface area contributed by atoms with E-state index in [-0.39, 0.29) is 31.4 Å². The normalized spacial score (nSPS) is 21.3. The lowest BCUT2D eigenvalue weighted by molar-refractivity contribution is -0.139. The number of carbonyl (C=O) groups excluding carboxylic acids is 2. The van der Waals surface area contributed by atoms with Crippen LogP contribution in [0.3, 0.4) is 0 Å². The molecule has 39 heavy (non-hydrogen) atoms. The summed E-state index contributed by atoms with van der Waals surface area (Å²) in [5.41, 5.74) is 2.54. The van der Waals surface area contributed by atoms with E-state index in [4.69, 9.17) is 4.74 Å². The molecule has 2 aromatic rings. The average Bonchev–Trinajstić information content (AvgIpc) is 3.46. The van der Waals surface area contributed by atoms with Crippen LogP contribution in [0.25, 0.3) is 0 Å². The summed E-state index contributed by atoms with van der Waals surface area (Å²) in [6.45, 7) is 2.31. The molecule has 2 amide bonds. The average molecular weight is 647 g/mol. The van der Waals surface area contributed by atoms with Gasteiger partial charge in [-0.15, -0.1) is 0 Å². The van der Waals surface area contributed by atoms with E-state index in [9.17, 15) is 19.8 Å². The number of carbonyl (C=O) groups is 2. The van der Waals surface area contributed by atoms with E-state index in [0.717, 1.165) is 21.1 Å². The molecule has 210 valence electrons. The molecule has 2 aliphatic carbocycles. The Labute approximate surface area is 244 Å². The summed E-state index contributed by atoms with van der Waals surface area (Å²) < 4.78 is 7.13. The van der Waals surface area contributed by atoms with E-state index < -0.39 is 18.2 Å². The first-order valence-corrected chi connectivity index (χ1v) is 15.0. The van der Waals surface area contributed by atoms with Crippen LogP contribution in [0.2, 0.25) is 0 Å². The zero-order valence-corrected chi connectivity index (χ0v) is 24.7.